The molecule has 3 heterocycles. The molecule has 3 saturated heterocycles. The fourth-order valence-corrected chi connectivity index (χ4v) is 15.5. The summed E-state index contributed by atoms with van der Waals surface area (Å²) in [6.45, 7) is 0.155. The van der Waals surface area contributed by atoms with Crippen molar-refractivity contribution in [2.45, 2.75) is 144 Å². The highest BCUT2D eigenvalue weighted by Gasteiger charge is 2.70. The van der Waals surface area contributed by atoms with Crippen LogP contribution >= 0.6 is 21.6 Å². The fraction of sp³-hybridized carbons (Fsp3) is 0.857. The van der Waals surface area contributed by atoms with Crippen molar-refractivity contribution in [1.82, 2.24) is 10.6 Å². The molecule has 0 aromatic carbocycles. The Hall–Kier alpha value is -1.08. The molecule has 0 amide bonds. The number of hydrogen-bond donors (Lipinski definition) is 9. The quantitative estimate of drug-likeness (QED) is 0.169. The van der Waals surface area contributed by atoms with E-state index in [1.165, 1.54) is 21.6 Å². The molecule has 8 aliphatic rings. The number of piperidine rings is 1. The molecule has 7 bridgehead atoms. The van der Waals surface area contributed by atoms with E-state index < -0.39 is 76.7 Å². The Morgan fingerprint density at radius 2 is 1.75 bits per heavy atom. The van der Waals surface area contributed by atoms with Gasteiger partial charge in [-0.05, 0) is 119 Å². The van der Waals surface area contributed by atoms with Crippen LogP contribution in [-0.4, -0.2) is 127 Å². The van der Waals surface area contributed by atoms with Crippen molar-refractivity contribution in [2.75, 3.05) is 32.2 Å². The molecule has 0 aromatic rings. The van der Waals surface area contributed by atoms with Gasteiger partial charge >= 0.3 is 0 Å². The zero-order valence-corrected chi connectivity index (χ0v) is 34.5. The van der Waals surface area contributed by atoms with Crippen molar-refractivity contribution in [3.8, 4) is 0 Å². The molecule has 13 nitrogen and oxygen atoms in total. The summed E-state index contributed by atoms with van der Waals surface area (Å²) in [5, 5.41) is 86.0. The number of aliphatic hydroxyl groups excluding tert-OH is 6. The van der Waals surface area contributed by atoms with E-state index in [1.54, 1.807) is 6.08 Å². The van der Waals surface area contributed by atoms with Gasteiger partial charge in [0.15, 0.2) is 12.1 Å². The standard InChI is InChI=1S/C42H64N2O11S2/c45-13-3-8-32-41-29(17-26(18-31(41)48)15-23-4-1-5-25(14-23)20-46)35(49)28-6-2-7-30(34(28)36(41)50)54-38-37(51)42(53)27(9-11-40(21-47,55-38)39(42)52)16-24-10-12-43-33(19-24)44-22-56-57-32/h17-18,23-25,27-30,32-34,37-39,43-48,51-53H,1-16,19-22H2/t23?,24?,25?,27-,28?,29+,30?,32+,33?,34?,37+,38-,39-,40+,41+,42-/m1/s1. The molecule has 7 unspecified atom stereocenters. The van der Waals surface area contributed by atoms with Gasteiger partial charge in [-0.3, -0.25) is 14.9 Å². The summed E-state index contributed by atoms with van der Waals surface area (Å²) in [6, 6.07) is 0. The van der Waals surface area contributed by atoms with Gasteiger partial charge in [-0.25, -0.2) is 0 Å². The lowest BCUT2D eigenvalue weighted by Gasteiger charge is -2.61. The second-order valence-corrected chi connectivity index (χ2v) is 21.2. The number of Topliss-reactive ketones (excluding diaryl/α,β-unsaturated/α-hetero) is 2. The zero-order chi connectivity index (χ0) is 40.1. The predicted molar refractivity (Wildman–Crippen MR) is 214 cm³/mol. The normalized spacial score (nSPS) is 47.9. The summed E-state index contributed by atoms with van der Waals surface area (Å²) in [5.74, 6) is -2.51. The second kappa shape index (κ2) is 17.4. The van der Waals surface area contributed by atoms with Gasteiger partial charge in [-0.1, -0.05) is 46.9 Å². The third-order valence-corrected chi connectivity index (χ3v) is 18.2. The minimum absolute atomic E-state index is 0.0479. The summed E-state index contributed by atoms with van der Waals surface area (Å²) in [5.41, 5.74) is -4.46. The van der Waals surface area contributed by atoms with Gasteiger partial charge in [0.2, 0.25) is 0 Å². The van der Waals surface area contributed by atoms with E-state index in [0.29, 0.717) is 57.2 Å². The number of aliphatic hydroxyl groups is 7. The third kappa shape index (κ3) is 7.43. The number of fused-ring (bicyclic) bond motifs is 4. The van der Waals surface area contributed by atoms with Crippen LogP contribution < -0.4 is 10.6 Å². The Bertz CT molecular complexity index is 1550. The Labute approximate surface area is 343 Å². The van der Waals surface area contributed by atoms with Crippen LogP contribution in [0.15, 0.2) is 23.5 Å². The maximum absolute atomic E-state index is 15.7. The van der Waals surface area contributed by atoms with E-state index in [-0.39, 0.29) is 60.9 Å². The Morgan fingerprint density at radius 1 is 0.947 bits per heavy atom. The lowest BCUT2D eigenvalue weighted by molar-refractivity contribution is -0.398. The molecule has 8 rings (SSSR count). The highest BCUT2D eigenvalue weighted by atomic mass is 33.1. The molecule has 320 valence electrons. The lowest BCUT2D eigenvalue weighted by Crippen LogP contribution is -2.78. The van der Waals surface area contributed by atoms with Gasteiger partial charge in [0.05, 0.1) is 36.6 Å². The summed E-state index contributed by atoms with van der Waals surface area (Å²) in [4.78, 5) is 30.9. The van der Waals surface area contributed by atoms with E-state index in [4.69, 9.17) is 9.47 Å². The van der Waals surface area contributed by atoms with Gasteiger partial charge in [-0.15, -0.1) is 0 Å². The summed E-state index contributed by atoms with van der Waals surface area (Å²) < 4.78 is 13.0. The fourth-order valence-electron chi connectivity index (χ4n) is 12.6. The first-order valence-corrected chi connectivity index (χ1v) is 24.1. The smallest absolute Gasteiger partial charge is 0.187 e. The van der Waals surface area contributed by atoms with E-state index in [2.05, 4.69) is 10.6 Å². The number of carbonyl (C=O) groups is 2. The molecular formula is C42H64N2O11S2. The van der Waals surface area contributed by atoms with Crippen LogP contribution in [0.5, 0.6) is 0 Å². The third-order valence-electron chi connectivity index (χ3n) is 15.5. The largest absolute Gasteiger partial charge is 0.511 e. The molecule has 0 radical (unpaired) electrons. The predicted octanol–water partition coefficient (Wildman–Crippen LogP) is 2.86. The topological polar surface area (TPSA) is 218 Å². The van der Waals surface area contributed by atoms with Crippen molar-refractivity contribution >= 4 is 33.2 Å². The number of ether oxygens (including phenoxy) is 2. The van der Waals surface area contributed by atoms with Gasteiger partial charge in [0.1, 0.15) is 40.4 Å². The number of rotatable bonds is 7. The molecule has 9 N–H and O–H groups in total. The van der Waals surface area contributed by atoms with Crippen LogP contribution in [0, 0.1) is 46.8 Å². The summed E-state index contributed by atoms with van der Waals surface area (Å²) >= 11 is 0. The van der Waals surface area contributed by atoms with E-state index in [0.717, 1.165) is 50.6 Å². The maximum atomic E-state index is 15.7. The van der Waals surface area contributed by atoms with Crippen molar-refractivity contribution < 1.29 is 54.8 Å². The number of carbonyl (C=O) groups excluding carboxylic acids is 2. The summed E-state index contributed by atoms with van der Waals surface area (Å²) in [6.07, 6.45) is 7.34. The van der Waals surface area contributed by atoms with Crippen molar-refractivity contribution in [3.63, 3.8) is 0 Å². The molecular weight excluding hydrogens is 773 g/mol. The number of ketones is 2. The molecule has 7 fully saturated rings. The maximum Gasteiger partial charge on any atom is 0.187 e. The van der Waals surface area contributed by atoms with Crippen molar-refractivity contribution in [2.24, 2.45) is 46.8 Å². The van der Waals surface area contributed by atoms with Crippen LogP contribution in [0.4, 0.5) is 0 Å². The summed E-state index contributed by atoms with van der Waals surface area (Å²) in [7, 11) is 3.01. The van der Waals surface area contributed by atoms with Crippen LogP contribution in [0.3, 0.4) is 0 Å². The van der Waals surface area contributed by atoms with Gasteiger partial charge in [-0.2, -0.15) is 0 Å². The molecule has 1 spiro atoms. The van der Waals surface area contributed by atoms with Crippen LogP contribution in [0.1, 0.15) is 96.3 Å². The second-order valence-electron chi connectivity index (χ2n) is 18.6. The number of allylic oxidation sites excluding steroid dienone is 4. The SMILES string of the molecule is O=C1C2CCCC3O[C@@H]4O[C@]5(CO)CC[C@H](CC6CCNC(C6)NCSS[C@@H](CCCO)[C@@]6(C(=O)C32)C(O)=CC(CC2CCCC(CO)C2)=C[C@@H]16)[C@](O)([C@@H]5O)[C@H]4O. The Kier molecular flexibility index (Phi) is 13.0. The highest BCUT2D eigenvalue weighted by molar-refractivity contribution is 8.76. The van der Waals surface area contributed by atoms with Crippen LogP contribution in [0.25, 0.3) is 0 Å². The molecule has 15 heteroatoms. The van der Waals surface area contributed by atoms with E-state index in [9.17, 15) is 35.7 Å². The number of nitrogens with one attached hydrogen (secondary N) is 2. The average molecular weight is 837 g/mol. The minimum Gasteiger partial charge on any atom is -0.511 e. The van der Waals surface area contributed by atoms with Gasteiger partial charge in [0, 0.05) is 24.4 Å². The Morgan fingerprint density at radius 3 is 2.54 bits per heavy atom. The minimum atomic E-state index is -2.06. The highest BCUT2D eigenvalue weighted by Crippen LogP contribution is 2.60. The first kappa shape index (κ1) is 42.6. The lowest BCUT2D eigenvalue weighted by atomic mass is 9.50. The first-order chi connectivity index (χ1) is 27.5. The number of hydrogen-bond acceptors (Lipinski definition) is 15. The van der Waals surface area contributed by atoms with E-state index in [1.807, 2.05) is 6.08 Å². The zero-order valence-electron chi connectivity index (χ0n) is 32.9. The molecule has 57 heavy (non-hydrogen) atoms. The molecule has 5 aliphatic carbocycles. The molecule has 3 aliphatic heterocycles. The Balaban J connectivity index is 1.19. The van der Waals surface area contributed by atoms with Crippen LogP contribution in [0.2, 0.25) is 0 Å². The molecule has 4 saturated carbocycles. The monoisotopic (exact) mass is 836 g/mol. The van der Waals surface area contributed by atoms with E-state index >= 15 is 9.59 Å². The van der Waals surface area contributed by atoms with Crippen LogP contribution in [-0.2, 0) is 19.1 Å². The van der Waals surface area contributed by atoms with Gasteiger partial charge in [0.25, 0.3) is 0 Å². The first-order valence-electron chi connectivity index (χ1n) is 21.7. The molecule has 16 atom stereocenters. The van der Waals surface area contributed by atoms with Crippen molar-refractivity contribution in [1.29, 1.82) is 0 Å². The average Bonchev–Trinajstić information content (AvgIpc) is 3.21. The molecule has 0 aromatic heterocycles. The van der Waals surface area contributed by atoms with Gasteiger partial charge < -0.3 is 50.5 Å². The van der Waals surface area contributed by atoms with Crippen molar-refractivity contribution in [3.05, 3.63) is 23.5 Å².